The van der Waals surface area contributed by atoms with Crippen LogP contribution in [-0.2, 0) is 6.42 Å². The molecule has 0 aliphatic carbocycles. The van der Waals surface area contributed by atoms with E-state index in [1.54, 1.807) is 12.1 Å². The summed E-state index contributed by atoms with van der Waals surface area (Å²) in [6, 6.07) is 8.80. The fourth-order valence-electron chi connectivity index (χ4n) is 1.88. The zero-order valence-corrected chi connectivity index (χ0v) is 11.8. The maximum atomic E-state index is 13.7. The molecule has 1 unspecified atom stereocenters. The molecule has 0 saturated carbocycles. The molecule has 19 heavy (non-hydrogen) atoms. The topological polar surface area (TPSA) is 0 Å². The van der Waals surface area contributed by atoms with Crippen molar-refractivity contribution in [2.45, 2.75) is 18.2 Å². The van der Waals surface area contributed by atoms with Gasteiger partial charge in [-0.1, -0.05) is 47.1 Å². The summed E-state index contributed by atoms with van der Waals surface area (Å²) in [6.07, 6.45) is 0.895. The minimum absolute atomic E-state index is 0.175. The first-order valence-corrected chi connectivity index (χ1v) is 6.81. The highest BCUT2D eigenvalue weighted by Crippen LogP contribution is 2.34. The Balaban J connectivity index is 2.40. The number of rotatable bonds is 3. The van der Waals surface area contributed by atoms with Crippen LogP contribution in [0.3, 0.4) is 0 Å². The molecule has 0 amide bonds. The molecule has 0 aliphatic heterocycles. The second-order valence-electron chi connectivity index (χ2n) is 4.24. The van der Waals surface area contributed by atoms with Gasteiger partial charge >= 0.3 is 0 Å². The van der Waals surface area contributed by atoms with E-state index in [9.17, 15) is 13.2 Å². The zero-order chi connectivity index (χ0) is 14.0. The van der Waals surface area contributed by atoms with E-state index in [0.717, 1.165) is 17.5 Å². The summed E-state index contributed by atoms with van der Waals surface area (Å²) in [5.74, 6) is -2.70. The Hall–Kier alpha value is -1.29. The molecule has 0 aliphatic rings. The van der Waals surface area contributed by atoms with Crippen LogP contribution in [0.1, 0.15) is 28.4 Å². The highest BCUT2D eigenvalue weighted by Gasteiger charge is 2.20. The molecular weight excluding hydrogens is 317 g/mol. The molecule has 1 atom stereocenters. The Morgan fingerprint density at radius 3 is 2.00 bits per heavy atom. The van der Waals surface area contributed by atoms with Crippen molar-refractivity contribution in [1.29, 1.82) is 0 Å². The van der Waals surface area contributed by atoms with Crippen LogP contribution >= 0.6 is 15.9 Å². The molecule has 0 fully saturated rings. The molecular formula is C15H12BrF3. The van der Waals surface area contributed by atoms with Crippen LogP contribution in [0.15, 0.2) is 36.4 Å². The van der Waals surface area contributed by atoms with Gasteiger partial charge in [0.25, 0.3) is 0 Å². The number of alkyl halides is 1. The number of benzene rings is 2. The standard InChI is InChI=1S/C15H12BrF3/c1-2-9-3-5-10(6-4-9)15(16)14-12(18)7-11(17)8-13(14)19/h3-8,15H,2H2,1H3. The van der Waals surface area contributed by atoms with Gasteiger partial charge in [0, 0.05) is 17.7 Å². The van der Waals surface area contributed by atoms with E-state index < -0.39 is 22.3 Å². The van der Waals surface area contributed by atoms with Gasteiger partial charge < -0.3 is 0 Å². The predicted molar refractivity (Wildman–Crippen MR) is 72.9 cm³/mol. The lowest BCUT2D eigenvalue weighted by molar-refractivity contribution is 0.527. The fraction of sp³-hybridized carbons (Fsp3) is 0.200. The molecule has 2 aromatic rings. The SMILES string of the molecule is CCc1ccc(C(Br)c2c(F)cc(F)cc2F)cc1. The van der Waals surface area contributed by atoms with E-state index in [-0.39, 0.29) is 5.56 Å². The Kier molecular flexibility index (Phi) is 4.30. The Labute approximate surface area is 118 Å². The molecule has 0 aromatic heterocycles. The lowest BCUT2D eigenvalue weighted by Crippen LogP contribution is -2.02. The van der Waals surface area contributed by atoms with Crippen molar-refractivity contribution in [3.8, 4) is 0 Å². The minimum Gasteiger partial charge on any atom is -0.207 e. The van der Waals surface area contributed by atoms with Gasteiger partial charge in [-0.15, -0.1) is 0 Å². The summed E-state index contributed by atoms with van der Waals surface area (Å²) < 4.78 is 40.2. The molecule has 0 heterocycles. The molecule has 0 bridgehead atoms. The van der Waals surface area contributed by atoms with Crippen molar-refractivity contribution >= 4 is 15.9 Å². The zero-order valence-electron chi connectivity index (χ0n) is 10.3. The van der Waals surface area contributed by atoms with E-state index in [0.29, 0.717) is 12.1 Å². The molecule has 0 nitrogen and oxygen atoms in total. The number of hydrogen-bond donors (Lipinski definition) is 0. The van der Waals surface area contributed by atoms with Crippen LogP contribution in [0.5, 0.6) is 0 Å². The third-order valence-corrected chi connectivity index (χ3v) is 3.96. The maximum Gasteiger partial charge on any atom is 0.133 e. The van der Waals surface area contributed by atoms with Crippen molar-refractivity contribution in [1.82, 2.24) is 0 Å². The average molecular weight is 329 g/mol. The Bertz CT molecular complexity index is 555. The van der Waals surface area contributed by atoms with Crippen LogP contribution in [0, 0.1) is 17.5 Å². The van der Waals surface area contributed by atoms with E-state index in [4.69, 9.17) is 0 Å². The quantitative estimate of drug-likeness (QED) is 0.683. The smallest absolute Gasteiger partial charge is 0.133 e. The molecule has 0 spiro atoms. The van der Waals surface area contributed by atoms with Crippen molar-refractivity contribution in [2.75, 3.05) is 0 Å². The van der Waals surface area contributed by atoms with Crippen molar-refractivity contribution in [3.63, 3.8) is 0 Å². The summed E-state index contributed by atoms with van der Waals surface area (Å²) in [5, 5.41) is 0. The van der Waals surface area contributed by atoms with Gasteiger partial charge in [0.2, 0.25) is 0 Å². The van der Waals surface area contributed by atoms with E-state index in [1.807, 2.05) is 19.1 Å². The van der Waals surface area contributed by atoms with Crippen LogP contribution in [0.25, 0.3) is 0 Å². The third-order valence-electron chi connectivity index (χ3n) is 2.98. The molecule has 2 aromatic carbocycles. The van der Waals surface area contributed by atoms with Gasteiger partial charge in [-0.05, 0) is 17.5 Å². The lowest BCUT2D eigenvalue weighted by atomic mass is 10.0. The first kappa shape index (κ1) is 14.1. The van der Waals surface area contributed by atoms with Crippen LogP contribution in [-0.4, -0.2) is 0 Å². The van der Waals surface area contributed by atoms with Crippen LogP contribution < -0.4 is 0 Å². The van der Waals surface area contributed by atoms with E-state index >= 15 is 0 Å². The van der Waals surface area contributed by atoms with Gasteiger partial charge in [0.15, 0.2) is 0 Å². The van der Waals surface area contributed by atoms with Gasteiger partial charge in [0.1, 0.15) is 17.5 Å². The number of halogens is 4. The van der Waals surface area contributed by atoms with Gasteiger partial charge in [0.05, 0.1) is 4.83 Å². The molecule has 100 valence electrons. The van der Waals surface area contributed by atoms with Crippen LogP contribution in [0.4, 0.5) is 13.2 Å². The first-order chi connectivity index (χ1) is 9.02. The summed E-state index contributed by atoms with van der Waals surface area (Å²) >= 11 is 3.26. The summed E-state index contributed by atoms with van der Waals surface area (Å²) in [4.78, 5) is -0.640. The highest BCUT2D eigenvalue weighted by molar-refractivity contribution is 9.09. The lowest BCUT2D eigenvalue weighted by Gasteiger charge is -2.13. The number of aryl methyl sites for hydroxylation is 1. The maximum absolute atomic E-state index is 13.7. The van der Waals surface area contributed by atoms with Crippen molar-refractivity contribution in [2.24, 2.45) is 0 Å². The largest absolute Gasteiger partial charge is 0.207 e. The Morgan fingerprint density at radius 1 is 1.00 bits per heavy atom. The second-order valence-corrected chi connectivity index (χ2v) is 5.16. The van der Waals surface area contributed by atoms with Gasteiger partial charge in [-0.2, -0.15) is 0 Å². The monoisotopic (exact) mass is 328 g/mol. The summed E-state index contributed by atoms with van der Waals surface area (Å²) in [7, 11) is 0. The molecule has 0 radical (unpaired) electrons. The first-order valence-electron chi connectivity index (χ1n) is 5.90. The molecule has 0 saturated heterocycles. The fourth-order valence-corrected chi connectivity index (χ4v) is 2.63. The van der Waals surface area contributed by atoms with Crippen molar-refractivity contribution in [3.05, 3.63) is 70.5 Å². The number of hydrogen-bond acceptors (Lipinski definition) is 0. The highest BCUT2D eigenvalue weighted by atomic mass is 79.9. The van der Waals surface area contributed by atoms with E-state index in [1.165, 1.54) is 0 Å². The normalized spacial score (nSPS) is 12.5. The van der Waals surface area contributed by atoms with Crippen LogP contribution in [0.2, 0.25) is 0 Å². The molecule has 2 rings (SSSR count). The molecule has 4 heteroatoms. The van der Waals surface area contributed by atoms with Crippen molar-refractivity contribution < 1.29 is 13.2 Å². The summed E-state index contributed by atoms with van der Waals surface area (Å²) in [6.45, 7) is 2.03. The van der Waals surface area contributed by atoms with E-state index in [2.05, 4.69) is 15.9 Å². The third kappa shape index (κ3) is 3.00. The average Bonchev–Trinajstić information content (AvgIpc) is 2.37. The predicted octanol–water partition coefficient (Wildman–Crippen LogP) is 5.15. The Morgan fingerprint density at radius 2 is 1.53 bits per heavy atom. The minimum atomic E-state index is -0.917. The van der Waals surface area contributed by atoms with Gasteiger partial charge in [-0.3, -0.25) is 0 Å². The summed E-state index contributed by atoms with van der Waals surface area (Å²) in [5.41, 5.74) is 1.69. The molecule has 0 N–H and O–H groups in total. The van der Waals surface area contributed by atoms with Gasteiger partial charge in [-0.25, -0.2) is 13.2 Å². The second kappa shape index (κ2) is 5.78.